The van der Waals surface area contributed by atoms with Crippen LogP contribution >= 0.6 is 0 Å². The van der Waals surface area contributed by atoms with Crippen LogP contribution in [0, 0.1) is 0 Å². The molecule has 132 valence electrons. The Kier molecular flexibility index (Phi) is 6.46. The van der Waals surface area contributed by atoms with Gasteiger partial charge >= 0.3 is 0 Å². The second-order valence-corrected chi connectivity index (χ2v) is 6.31. The SMILES string of the molecule is CCC(=O)N1CCC(NC(=NC)NCc2ccc(N(C)C)cc2)C1. The lowest BCUT2D eigenvalue weighted by Crippen LogP contribution is -2.44. The Morgan fingerprint density at radius 3 is 2.62 bits per heavy atom. The number of guanidine groups is 1. The van der Waals surface area contributed by atoms with E-state index in [1.807, 2.05) is 25.9 Å². The van der Waals surface area contributed by atoms with Crippen LogP contribution in [0.25, 0.3) is 0 Å². The smallest absolute Gasteiger partial charge is 0.222 e. The lowest BCUT2D eigenvalue weighted by atomic mass is 10.2. The van der Waals surface area contributed by atoms with Gasteiger partial charge in [-0.05, 0) is 24.1 Å². The second-order valence-electron chi connectivity index (χ2n) is 6.31. The highest BCUT2D eigenvalue weighted by molar-refractivity contribution is 5.80. The Morgan fingerprint density at radius 1 is 1.33 bits per heavy atom. The Labute approximate surface area is 144 Å². The number of hydrogen-bond donors (Lipinski definition) is 2. The lowest BCUT2D eigenvalue weighted by molar-refractivity contribution is -0.129. The number of carbonyl (C=O) groups excluding carboxylic acids is 1. The van der Waals surface area contributed by atoms with Gasteiger partial charge in [-0.3, -0.25) is 9.79 Å². The quantitative estimate of drug-likeness (QED) is 0.633. The monoisotopic (exact) mass is 331 g/mol. The van der Waals surface area contributed by atoms with Crippen molar-refractivity contribution in [1.82, 2.24) is 15.5 Å². The van der Waals surface area contributed by atoms with E-state index in [0.29, 0.717) is 6.42 Å². The molecule has 1 atom stereocenters. The number of amides is 1. The van der Waals surface area contributed by atoms with Crippen molar-refractivity contribution in [1.29, 1.82) is 0 Å². The van der Waals surface area contributed by atoms with Gasteiger partial charge in [0.05, 0.1) is 0 Å². The van der Waals surface area contributed by atoms with Crippen LogP contribution in [-0.4, -0.2) is 57.0 Å². The van der Waals surface area contributed by atoms with Crippen LogP contribution in [0.3, 0.4) is 0 Å². The maximum absolute atomic E-state index is 11.7. The number of hydrogen-bond acceptors (Lipinski definition) is 3. The molecule has 1 heterocycles. The predicted molar refractivity (Wildman–Crippen MR) is 99.4 cm³/mol. The second kappa shape index (κ2) is 8.57. The van der Waals surface area contributed by atoms with E-state index < -0.39 is 0 Å². The minimum Gasteiger partial charge on any atom is -0.378 e. The largest absolute Gasteiger partial charge is 0.378 e. The summed E-state index contributed by atoms with van der Waals surface area (Å²) >= 11 is 0. The number of nitrogens with zero attached hydrogens (tertiary/aromatic N) is 3. The van der Waals surface area contributed by atoms with Crippen LogP contribution in [0.5, 0.6) is 0 Å². The molecule has 24 heavy (non-hydrogen) atoms. The normalized spacial score (nSPS) is 17.8. The number of aliphatic imine (C=N–C) groups is 1. The number of rotatable bonds is 5. The molecule has 0 saturated carbocycles. The molecule has 0 aromatic heterocycles. The molecule has 6 nitrogen and oxygen atoms in total. The summed E-state index contributed by atoms with van der Waals surface area (Å²) in [6.07, 6.45) is 1.53. The number of anilines is 1. The van der Waals surface area contributed by atoms with Crippen molar-refractivity contribution in [2.75, 3.05) is 39.1 Å². The van der Waals surface area contributed by atoms with Crippen LogP contribution < -0.4 is 15.5 Å². The summed E-state index contributed by atoms with van der Waals surface area (Å²) in [5, 5.41) is 6.75. The first-order valence-electron chi connectivity index (χ1n) is 8.54. The summed E-state index contributed by atoms with van der Waals surface area (Å²) in [5.41, 5.74) is 2.39. The molecular weight excluding hydrogens is 302 g/mol. The molecule has 1 aliphatic rings. The Hall–Kier alpha value is -2.24. The molecule has 0 radical (unpaired) electrons. The fourth-order valence-corrected chi connectivity index (χ4v) is 2.81. The third-order valence-corrected chi connectivity index (χ3v) is 4.32. The molecule has 1 amide bonds. The van der Waals surface area contributed by atoms with Gasteiger partial charge in [0.25, 0.3) is 0 Å². The predicted octanol–water partition coefficient (Wildman–Crippen LogP) is 1.43. The molecule has 1 fully saturated rings. The zero-order valence-corrected chi connectivity index (χ0v) is 15.2. The topological polar surface area (TPSA) is 60.0 Å². The first-order valence-corrected chi connectivity index (χ1v) is 8.54. The minimum absolute atomic E-state index is 0.225. The van der Waals surface area contributed by atoms with Crippen molar-refractivity contribution in [2.24, 2.45) is 4.99 Å². The summed E-state index contributed by atoms with van der Waals surface area (Å²) in [4.78, 5) is 20.0. The van der Waals surface area contributed by atoms with Crippen molar-refractivity contribution in [3.8, 4) is 0 Å². The summed E-state index contributed by atoms with van der Waals surface area (Å²) in [6.45, 7) is 4.21. The molecule has 1 aliphatic heterocycles. The van der Waals surface area contributed by atoms with Gasteiger partial charge < -0.3 is 20.4 Å². The van der Waals surface area contributed by atoms with Gasteiger partial charge in [0.2, 0.25) is 5.91 Å². The fraction of sp³-hybridized carbons (Fsp3) is 0.556. The van der Waals surface area contributed by atoms with Crippen LogP contribution in [0.2, 0.25) is 0 Å². The molecular formula is C18H29N5O. The van der Waals surface area contributed by atoms with Gasteiger partial charge in [-0.2, -0.15) is 0 Å². The van der Waals surface area contributed by atoms with Crippen LogP contribution in [0.15, 0.2) is 29.3 Å². The maximum Gasteiger partial charge on any atom is 0.222 e. The van der Waals surface area contributed by atoms with E-state index >= 15 is 0 Å². The first-order chi connectivity index (χ1) is 11.5. The van der Waals surface area contributed by atoms with E-state index in [9.17, 15) is 4.79 Å². The van der Waals surface area contributed by atoms with Crippen LogP contribution in [0.1, 0.15) is 25.3 Å². The Bertz CT molecular complexity index is 567. The van der Waals surface area contributed by atoms with Gasteiger partial charge in [0, 0.05) is 58.9 Å². The highest BCUT2D eigenvalue weighted by atomic mass is 16.2. The maximum atomic E-state index is 11.7. The third kappa shape index (κ3) is 4.88. The molecule has 6 heteroatoms. The van der Waals surface area contributed by atoms with Crippen molar-refractivity contribution in [3.63, 3.8) is 0 Å². The summed E-state index contributed by atoms with van der Waals surface area (Å²) in [7, 11) is 5.84. The third-order valence-electron chi connectivity index (χ3n) is 4.32. The van der Waals surface area contributed by atoms with Gasteiger partial charge in [-0.15, -0.1) is 0 Å². The molecule has 1 unspecified atom stereocenters. The molecule has 2 N–H and O–H groups in total. The van der Waals surface area contributed by atoms with Crippen LogP contribution in [-0.2, 0) is 11.3 Å². The fourth-order valence-electron chi connectivity index (χ4n) is 2.81. The zero-order chi connectivity index (χ0) is 17.5. The van der Waals surface area contributed by atoms with Crippen molar-refractivity contribution >= 4 is 17.6 Å². The highest BCUT2D eigenvalue weighted by Gasteiger charge is 2.25. The number of nitrogens with one attached hydrogen (secondary N) is 2. The van der Waals surface area contributed by atoms with Crippen molar-refractivity contribution in [2.45, 2.75) is 32.4 Å². The lowest BCUT2D eigenvalue weighted by Gasteiger charge is -2.19. The zero-order valence-electron chi connectivity index (χ0n) is 15.2. The Balaban J connectivity index is 1.82. The number of benzene rings is 1. The molecule has 0 spiro atoms. The Morgan fingerprint density at radius 2 is 2.04 bits per heavy atom. The van der Waals surface area contributed by atoms with Crippen molar-refractivity contribution < 1.29 is 4.79 Å². The average molecular weight is 331 g/mol. The van der Waals surface area contributed by atoms with E-state index in [1.54, 1.807) is 7.05 Å². The van der Waals surface area contributed by atoms with E-state index in [1.165, 1.54) is 11.3 Å². The molecule has 0 bridgehead atoms. The molecule has 0 aliphatic carbocycles. The average Bonchev–Trinajstić information content (AvgIpc) is 3.06. The highest BCUT2D eigenvalue weighted by Crippen LogP contribution is 2.12. The van der Waals surface area contributed by atoms with Gasteiger partial charge in [0.1, 0.15) is 0 Å². The van der Waals surface area contributed by atoms with Gasteiger partial charge in [-0.25, -0.2) is 0 Å². The van der Waals surface area contributed by atoms with E-state index in [0.717, 1.165) is 32.0 Å². The van der Waals surface area contributed by atoms with E-state index in [-0.39, 0.29) is 11.9 Å². The molecule has 1 aromatic carbocycles. The first kappa shape index (κ1) is 18.1. The molecule has 1 saturated heterocycles. The minimum atomic E-state index is 0.225. The van der Waals surface area contributed by atoms with E-state index in [2.05, 4.69) is 44.8 Å². The van der Waals surface area contributed by atoms with Gasteiger partial charge in [-0.1, -0.05) is 19.1 Å². The standard InChI is InChI=1S/C18H29N5O/c1-5-17(24)23-11-10-15(13-23)21-18(19-2)20-12-14-6-8-16(9-7-14)22(3)4/h6-9,15H,5,10-13H2,1-4H3,(H2,19,20,21). The summed E-state index contributed by atoms with van der Waals surface area (Å²) in [6, 6.07) is 8.72. The number of likely N-dealkylation sites (tertiary alicyclic amines) is 1. The van der Waals surface area contributed by atoms with E-state index in [4.69, 9.17) is 0 Å². The summed E-state index contributed by atoms with van der Waals surface area (Å²) < 4.78 is 0. The molecule has 1 aromatic rings. The van der Waals surface area contributed by atoms with Crippen LogP contribution in [0.4, 0.5) is 5.69 Å². The van der Waals surface area contributed by atoms with Gasteiger partial charge in [0.15, 0.2) is 5.96 Å². The number of carbonyl (C=O) groups is 1. The summed E-state index contributed by atoms with van der Waals surface area (Å²) in [5.74, 6) is 1.01. The van der Waals surface area contributed by atoms with Crippen molar-refractivity contribution in [3.05, 3.63) is 29.8 Å². The molecule has 2 rings (SSSR count).